The van der Waals surface area contributed by atoms with Crippen LogP contribution in [0.1, 0.15) is 18.1 Å². The molecule has 6 nitrogen and oxygen atoms in total. The molecule has 0 aliphatic heterocycles. The third kappa shape index (κ3) is 3.31. The number of para-hydroxylation sites is 2. The van der Waals surface area contributed by atoms with Gasteiger partial charge < -0.3 is 11.1 Å². The van der Waals surface area contributed by atoms with Gasteiger partial charge in [-0.2, -0.15) is 5.10 Å². The van der Waals surface area contributed by atoms with E-state index < -0.39 is 0 Å². The Labute approximate surface area is 111 Å². The van der Waals surface area contributed by atoms with Crippen LogP contribution < -0.4 is 11.1 Å². The number of amides is 1. The molecule has 0 radical (unpaired) electrons. The van der Waals surface area contributed by atoms with E-state index in [9.17, 15) is 4.79 Å². The van der Waals surface area contributed by atoms with E-state index in [0.717, 1.165) is 5.82 Å². The summed E-state index contributed by atoms with van der Waals surface area (Å²) in [6, 6.07) is 7.18. The molecule has 100 valence electrons. The number of nitrogens with zero attached hydrogens (tertiary/aromatic N) is 3. The monoisotopic (exact) mass is 259 g/mol. The van der Waals surface area contributed by atoms with Crippen molar-refractivity contribution in [2.75, 3.05) is 11.1 Å². The van der Waals surface area contributed by atoms with Crippen molar-refractivity contribution in [1.82, 2.24) is 14.8 Å². The Bertz CT molecular complexity index is 590. The average Bonchev–Trinajstić information content (AvgIpc) is 2.68. The van der Waals surface area contributed by atoms with Crippen molar-refractivity contribution in [3.05, 3.63) is 35.9 Å². The fourth-order valence-electron chi connectivity index (χ4n) is 1.80. The maximum atomic E-state index is 11.8. The molecule has 0 aliphatic rings. The van der Waals surface area contributed by atoms with E-state index in [2.05, 4.69) is 15.4 Å². The molecule has 19 heavy (non-hydrogen) atoms. The lowest BCUT2D eigenvalue weighted by Gasteiger charge is -2.08. The first kappa shape index (κ1) is 13.1. The Morgan fingerprint density at radius 2 is 2.11 bits per heavy atom. The molecule has 2 rings (SSSR count). The summed E-state index contributed by atoms with van der Waals surface area (Å²) in [5.74, 6) is 1.43. The fourth-order valence-corrected chi connectivity index (χ4v) is 1.80. The van der Waals surface area contributed by atoms with Gasteiger partial charge in [0.15, 0.2) is 0 Å². The Morgan fingerprint density at radius 1 is 1.37 bits per heavy atom. The minimum atomic E-state index is -0.0922. The molecule has 0 bridgehead atoms. The van der Waals surface area contributed by atoms with Crippen molar-refractivity contribution < 1.29 is 4.79 Å². The Balaban J connectivity index is 1.92. The van der Waals surface area contributed by atoms with Crippen LogP contribution in [-0.4, -0.2) is 20.7 Å². The van der Waals surface area contributed by atoms with Gasteiger partial charge in [-0.1, -0.05) is 12.1 Å². The minimum Gasteiger partial charge on any atom is -0.397 e. The molecule has 6 heteroatoms. The molecule has 0 saturated heterocycles. The first-order chi connectivity index (χ1) is 9.06. The molecule has 1 aromatic carbocycles. The summed E-state index contributed by atoms with van der Waals surface area (Å²) in [5, 5.41) is 6.99. The molecule has 1 aromatic heterocycles. The molecule has 1 amide bonds. The standard InChI is InChI=1S/C13H17N5O/c1-9-15-10(2)18(17-9)8-7-13(19)16-12-6-4-3-5-11(12)14/h3-6H,7-8,14H2,1-2H3,(H,16,19). The van der Waals surface area contributed by atoms with Gasteiger partial charge in [-0.3, -0.25) is 4.79 Å². The molecule has 0 fully saturated rings. The van der Waals surface area contributed by atoms with E-state index in [1.807, 2.05) is 26.0 Å². The first-order valence-electron chi connectivity index (χ1n) is 6.08. The van der Waals surface area contributed by atoms with E-state index in [-0.39, 0.29) is 5.91 Å². The number of carbonyl (C=O) groups is 1. The number of aryl methyl sites for hydroxylation is 3. The molecule has 0 atom stereocenters. The summed E-state index contributed by atoms with van der Waals surface area (Å²) in [6.45, 7) is 4.20. The van der Waals surface area contributed by atoms with Crippen LogP contribution >= 0.6 is 0 Å². The van der Waals surface area contributed by atoms with Crippen molar-refractivity contribution in [3.8, 4) is 0 Å². The average molecular weight is 259 g/mol. The van der Waals surface area contributed by atoms with Crippen molar-refractivity contribution in [3.63, 3.8) is 0 Å². The van der Waals surface area contributed by atoms with Crippen LogP contribution in [0.15, 0.2) is 24.3 Å². The van der Waals surface area contributed by atoms with Gasteiger partial charge in [0, 0.05) is 6.42 Å². The Morgan fingerprint density at radius 3 is 2.74 bits per heavy atom. The van der Waals surface area contributed by atoms with Gasteiger partial charge in [-0.05, 0) is 26.0 Å². The zero-order valence-electron chi connectivity index (χ0n) is 11.1. The zero-order valence-corrected chi connectivity index (χ0v) is 11.1. The second kappa shape index (κ2) is 5.51. The second-order valence-electron chi connectivity index (χ2n) is 4.31. The maximum absolute atomic E-state index is 11.8. The van der Waals surface area contributed by atoms with Gasteiger partial charge in [-0.15, -0.1) is 0 Å². The van der Waals surface area contributed by atoms with Crippen molar-refractivity contribution in [2.24, 2.45) is 0 Å². The number of nitrogen functional groups attached to an aromatic ring is 1. The second-order valence-corrected chi connectivity index (χ2v) is 4.31. The number of aromatic nitrogens is 3. The van der Waals surface area contributed by atoms with E-state index in [0.29, 0.717) is 30.2 Å². The van der Waals surface area contributed by atoms with Crippen LogP contribution in [0.2, 0.25) is 0 Å². The lowest BCUT2D eigenvalue weighted by Crippen LogP contribution is -2.16. The van der Waals surface area contributed by atoms with Gasteiger partial charge in [0.05, 0.1) is 17.9 Å². The van der Waals surface area contributed by atoms with Crippen molar-refractivity contribution >= 4 is 17.3 Å². The number of hydrogen-bond acceptors (Lipinski definition) is 4. The van der Waals surface area contributed by atoms with Gasteiger partial charge in [0.1, 0.15) is 11.6 Å². The van der Waals surface area contributed by atoms with Crippen LogP contribution in [-0.2, 0) is 11.3 Å². The summed E-state index contributed by atoms with van der Waals surface area (Å²) in [4.78, 5) is 16.0. The molecule has 3 N–H and O–H groups in total. The lowest BCUT2D eigenvalue weighted by atomic mass is 10.2. The summed E-state index contributed by atoms with van der Waals surface area (Å²) >= 11 is 0. The molecule has 1 heterocycles. The van der Waals surface area contributed by atoms with Gasteiger partial charge >= 0.3 is 0 Å². The van der Waals surface area contributed by atoms with Crippen molar-refractivity contribution in [2.45, 2.75) is 26.8 Å². The summed E-state index contributed by atoms with van der Waals surface area (Å²) in [7, 11) is 0. The van der Waals surface area contributed by atoms with E-state index in [4.69, 9.17) is 5.73 Å². The molecule has 0 saturated carbocycles. The Kier molecular flexibility index (Phi) is 3.79. The molecular weight excluding hydrogens is 242 g/mol. The van der Waals surface area contributed by atoms with E-state index in [1.165, 1.54) is 0 Å². The highest BCUT2D eigenvalue weighted by Crippen LogP contribution is 2.16. The fraction of sp³-hybridized carbons (Fsp3) is 0.308. The highest BCUT2D eigenvalue weighted by molar-refractivity contribution is 5.93. The predicted molar refractivity (Wildman–Crippen MR) is 73.6 cm³/mol. The smallest absolute Gasteiger partial charge is 0.226 e. The zero-order chi connectivity index (χ0) is 13.8. The molecular formula is C13H17N5O. The third-order valence-electron chi connectivity index (χ3n) is 2.75. The molecule has 2 aromatic rings. The largest absolute Gasteiger partial charge is 0.397 e. The number of carbonyl (C=O) groups excluding carboxylic acids is 1. The minimum absolute atomic E-state index is 0.0922. The maximum Gasteiger partial charge on any atom is 0.226 e. The van der Waals surface area contributed by atoms with Gasteiger partial charge in [0.2, 0.25) is 5.91 Å². The topological polar surface area (TPSA) is 85.8 Å². The molecule has 0 spiro atoms. The van der Waals surface area contributed by atoms with Crippen LogP contribution in [0.25, 0.3) is 0 Å². The van der Waals surface area contributed by atoms with Crippen LogP contribution in [0.3, 0.4) is 0 Å². The summed E-state index contributed by atoms with van der Waals surface area (Å²) < 4.78 is 1.73. The summed E-state index contributed by atoms with van der Waals surface area (Å²) in [6.07, 6.45) is 0.331. The normalized spacial score (nSPS) is 10.4. The van der Waals surface area contributed by atoms with Gasteiger partial charge in [-0.25, -0.2) is 9.67 Å². The van der Waals surface area contributed by atoms with Crippen LogP contribution in [0, 0.1) is 13.8 Å². The van der Waals surface area contributed by atoms with E-state index >= 15 is 0 Å². The number of benzene rings is 1. The number of nitrogens with one attached hydrogen (secondary N) is 1. The van der Waals surface area contributed by atoms with Gasteiger partial charge in [0.25, 0.3) is 0 Å². The number of rotatable bonds is 4. The highest BCUT2D eigenvalue weighted by Gasteiger charge is 2.07. The quantitative estimate of drug-likeness (QED) is 0.815. The SMILES string of the molecule is Cc1nc(C)n(CCC(=O)Nc2ccccc2N)n1. The first-order valence-corrected chi connectivity index (χ1v) is 6.08. The Hall–Kier alpha value is -2.37. The highest BCUT2D eigenvalue weighted by atomic mass is 16.1. The lowest BCUT2D eigenvalue weighted by molar-refractivity contribution is -0.116. The summed E-state index contributed by atoms with van der Waals surface area (Å²) in [5.41, 5.74) is 6.96. The number of anilines is 2. The number of hydrogen-bond donors (Lipinski definition) is 2. The van der Waals surface area contributed by atoms with E-state index in [1.54, 1.807) is 16.8 Å². The molecule has 0 aliphatic carbocycles. The third-order valence-corrected chi connectivity index (χ3v) is 2.75. The number of nitrogens with two attached hydrogens (primary N) is 1. The van der Waals surface area contributed by atoms with Crippen molar-refractivity contribution in [1.29, 1.82) is 0 Å². The van der Waals surface area contributed by atoms with Crippen LogP contribution in [0.4, 0.5) is 11.4 Å². The van der Waals surface area contributed by atoms with Crippen LogP contribution in [0.5, 0.6) is 0 Å². The molecule has 0 unspecified atom stereocenters. The predicted octanol–water partition coefficient (Wildman–Crippen LogP) is 1.51.